The Labute approximate surface area is 93.7 Å². The van der Waals surface area contributed by atoms with E-state index in [-0.39, 0.29) is 45.5 Å². The van der Waals surface area contributed by atoms with Crippen LogP contribution in [0.2, 0.25) is 0 Å². The summed E-state index contributed by atoms with van der Waals surface area (Å²) in [6, 6.07) is 0. The minimum atomic E-state index is -0.472. The average Bonchev–Trinajstić information content (AvgIpc) is 1.89. The first-order valence-corrected chi connectivity index (χ1v) is 2.66. The van der Waals surface area contributed by atoms with Crippen LogP contribution in [0.4, 0.5) is 0 Å². The maximum Gasteiger partial charge on any atom is 2.00 e. The second-order valence-electron chi connectivity index (χ2n) is 1.69. The van der Waals surface area contributed by atoms with Crippen molar-refractivity contribution < 1.29 is 44.4 Å². The summed E-state index contributed by atoms with van der Waals surface area (Å²) in [6.07, 6.45) is 0.750. The third-order valence-electron chi connectivity index (χ3n) is 0.403. The van der Waals surface area contributed by atoms with Crippen molar-refractivity contribution in [3.05, 3.63) is 23.1 Å². The SMILES string of the molecule is CC(=[N-])C[O-].CC([NH-])=CO.[Mn+2].[Mn+2]. The van der Waals surface area contributed by atoms with Gasteiger partial charge in [-0.2, -0.15) is 0 Å². The van der Waals surface area contributed by atoms with Crippen LogP contribution < -0.4 is 5.11 Å². The van der Waals surface area contributed by atoms with Gasteiger partial charge in [-0.3, -0.25) is 0 Å². The van der Waals surface area contributed by atoms with Crippen LogP contribution >= 0.6 is 0 Å². The van der Waals surface area contributed by atoms with Crippen molar-refractivity contribution in [3.8, 4) is 0 Å². The number of hydrogen-bond donors (Lipinski definition) is 1. The van der Waals surface area contributed by atoms with Gasteiger partial charge in [0.15, 0.2) is 0 Å². The molecule has 0 saturated carbocycles. The smallest absolute Gasteiger partial charge is 0.853 e. The molecular weight excluding hydrogens is 242 g/mol. The van der Waals surface area contributed by atoms with Crippen molar-refractivity contribution in [1.82, 2.24) is 0 Å². The summed E-state index contributed by atoms with van der Waals surface area (Å²) in [5.41, 5.74) is 6.57. The molecule has 0 spiro atoms. The van der Waals surface area contributed by atoms with Crippen LogP contribution in [0.3, 0.4) is 0 Å². The number of nitrogens with one attached hydrogen (secondary N) is 1. The molecule has 0 rings (SSSR count). The molecule has 6 heteroatoms. The van der Waals surface area contributed by atoms with Gasteiger partial charge in [-0.05, 0) is 0 Å². The number of hydrogen-bond acceptors (Lipinski definition) is 2. The maximum atomic E-state index is 9.34. The van der Waals surface area contributed by atoms with Gasteiger partial charge in [0, 0.05) is 0 Å². The Balaban J connectivity index is -0.0000000457. The van der Waals surface area contributed by atoms with Gasteiger partial charge in [0.1, 0.15) is 0 Å². The summed E-state index contributed by atoms with van der Waals surface area (Å²) in [5, 5.41) is 25.1. The van der Waals surface area contributed by atoms with Crippen LogP contribution in [-0.2, 0) is 34.1 Å². The molecule has 0 amide bonds. The fourth-order valence-electron chi connectivity index (χ4n) is 0. The molecule has 0 saturated heterocycles. The second kappa shape index (κ2) is 17.2. The normalized spacial score (nSPS) is 8.08. The van der Waals surface area contributed by atoms with E-state index >= 15 is 0 Å². The molecule has 2 N–H and O–H groups in total. The summed E-state index contributed by atoms with van der Waals surface area (Å²) in [6.45, 7) is 2.41. The van der Waals surface area contributed by atoms with Gasteiger partial charge < -0.3 is 21.4 Å². The summed E-state index contributed by atoms with van der Waals surface area (Å²) in [5.74, 6) is 0. The molecule has 0 fully saturated rings. The van der Waals surface area contributed by atoms with Crippen LogP contribution in [0.5, 0.6) is 0 Å². The molecule has 0 aliphatic rings. The average molecular weight is 253 g/mol. The number of rotatable bonds is 1. The number of aliphatic hydroxyl groups excluding tert-OH is 1. The van der Waals surface area contributed by atoms with Crippen molar-refractivity contribution in [1.29, 1.82) is 0 Å². The summed E-state index contributed by atoms with van der Waals surface area (Å²) in [4.78, 5) is 0. The Morgan fingerprint density at radius 1 is 1.50 bits per heavy atom. The van der Waals surface area contributed by atoms with Crippen molar-refractivity contribution in [3.63, 3.8) is 0 Å². The first-order chi connectivity index (χ1) is 4.54. The van der Waals surface area contributed by atoms with E-state index in [4.69, 9.17) is 16.2 Å². The van der Waals surface area contributed by atoms with Crippen molar-refractivity contribution in [2.45, 2.75) is 13.8 Å². The van der Waals surface area contributed by atoms with E-state index in [0.717, 1.165) is 6.26 Å². The topological polar surface area (TPSA) is 89.4 Å². The third-order valence-corrected chi connectivity index (χ3v) is 0.403. The molecule has 0 aromatic heterocycles. The van der Waals surface area contributed by atoms with E-state index in [1.54, 1.807) is 0 Å². The molecule has 0 atom stereocenters. The van der Waals surface area contributed by atoms with E-state index in [2.05, 4.69) is 0 Å². The fraction of sp³-hybridized carbons (Fsp3) is 0.500. The summed E-state index contributed by atoms with van der Waals surface area (Å²) >= 11 is 0. The van der Waals surface area contributed by atoms with Gasteiger partial charge in [-0.25, -0.2) is 5.71 Å². The van der Waals surface area contributed by atoms with Crippen molar-refractivity contribution >= 4 is 5.71 Å². The van der Waals surface area contributed by atoms with Gasteiger partial charge in [0.25, 0.3) is 0 Å². The molecule has 70 valence electrons. The number of nitrogens with zero attached hydrogens (tertiary/aromatic N) is 1. The minimum absolute atomic E-state index is 0. The van der Waals surface area contributed by atoms with Crippen molar-refractivity contribution in [2.75, 3.05) is 6.61 Å². The van der Waals surface area contributed by atoms with Gasteiger partial charge in [-0.15, -0.1) is 12.3 Å². The zero-order valence-electron chi connectivity index (χ0n) is 6.84. The predicted molar refractivity (Wildman–Crippen MR) is 39.6 cm³/mol. The van der Waals surface area contributed by atoms with Crippen LogP contribution in [-0.4, -0.2) is 17.4 Å². The third kappa shape index (κ3) is 50.5. The molecule has 12 heavy (non-hydrogen) atoms. The molecule has 0 aromatic carbocycles. The van der Waals surface area contributed by atoms with E-state index < -0.39 is 6.61 Å². The largest absolute Gasteiger partial charge is 2.00 e. The number of allylic oxidation sites excluding steroid dienone is 1. The zero-order valence-corrected chi connectivity index (χ0v) is 9.20. The van der Waals surface area contributed by atoms with Gasteiger partial charge in [0.2, 0.25) is 0 Å². The molecular formula is C6H11Mn2N2O2+. The van der Waals surface area contributed by atoms with E-state index in [1.165, 1.54) is 13.8 Å². The predicted octanol–water partition coefficient (Wildman–Crippen LogP) is 0.830. The second-order valence-corrected chi connectivity index (χ2v) is 1.69. The van der Waals surface area contributed by atoms with E-state index in [9.17, 15) is 5.11 Å². The van der Waals surface area contributed by atoms with Crippen LogP contribution in [0.25, 0.3) is 11.1 Å². The molecule has 0 aliphatic carbocycles. The summed E-state index contributed by atoms with van der Waals surface area (Å²) < 4.78 is 0. The Hall–Kier alpha value is 0.00896. The Bertz CT molecular complexity index is 125. The zero-order chi connectivity index (χ0) is 8.57. The van der Waals surface area contributed by atoms with Crippen LogP contribution in [0.1, 0.15) is 13.8 Å². The fourth-order valence-corrected chi connectivity index (χ4v) is 0. The monoisotopic (exact) mass is 253 g/mol. The molecule has 0 heterocycles. The van der Waals surface area contributed by atoms with Gasteiger partial charge in [-0.1, -0.05) is 13.8 Å². The first-order valence-electron chi connectivity index (χ1n) is 2.66. The molecule has 0 unspecified atom stereocenters. The van der Waals surface area contributed by atoms with Gasteiger partial charge in [0.05, 0.1) is 6.26 Å². The molecule has 4 nitrogen and oxygen atoms in total. The molecule has 2 radical (unpaired) electrons. The molecule has 0 aromatic rings. The van der Waals surface area contributed by atoms with E-state index in [1.807, 2.05) is 0 Å². The molecule has 0 bridgehead atoms. The minimum Gasteiger partial charge on any atom is -0.853 e. The molecule has 0 aliphatic heterocycles. The Morgan fingerprint density at radius 3 is 1.67 bits per heavy atom. The van der Waals surface area contributed by atoms with Crippen molar-refractivity contribution in [2.24, 2.45) is 0 Å². The number of aliphatic hydroxyl groups is 1. The standard InChI is InChI=1S/C3H6NO.C3H5NO.2Mn/c2*1-3(4)2-5;;/h2,4-5H,1H3;2H2,1H3;;/q-1;-2;2*+2. The van der Waals surface area contributed by atoms with E-state index in [0.29, 0.717) is 0 Å². The Morgan fingerprint density at radius 2 is 1.67 bits per heavy atom. The van der Waals surface area contributed by atoms with Gasteiger partial charge >= 0.3 is 34.1 Å². The maximum absolute atomic E-state index is 9.34. The van der Waals surface area contributed by atoms with Crippen LogP contribution in [0, 0.1) is 0 Å². The Kier molecular flexibility index (Phi) is 32.5. The van der Waals surface area contributed by atoms with Crippen LogP contribution in [0.15, 0.2) is 12.0 Å². The quantitative estimate of drug-likeness (QED) is 0.426. The summed E-state index contributed by atoms with van der Waals surface area (Å²) in [7, 11) is 0. The first kappa shape index (κ1) is 22.7.